The van der Waals surface area contributed by atoms with E-state index < -0.39 is 0 Å². The number of nitriles is 5. The average molecular weight is 487 g/mol. The number of fused-ring (bicyclic) bond motifs is 1. The van der Waals surface area contributed by atoms with Crippen molar-refractivity contribution >= 4 is 10.8 Å². The molecule has 4 aromatic rings. The van der Waals surface area contributed by atoms with E-state index in [-0.39, 0.29) is 11.5 Å². The van der Waals surface area contributed by atoms with Crippen LogP contribution >= 0.6 is 0 Å². The zero-order chi connectivity index (χ0) is 26.5. The van der Waals surface area contributed by atoms with Crippen LogP contribution in [0.25, 0.3) is 21.9 Å². The third-order valence-electron chi connectivity index (χ3n) is 4.71. The highest BCUT2D eigenvalue weighted by molar-refractivity contribution is 5.91. The van der Waals surface area contributed by atoms with E-state index in [9.17, 15) is 0 Å². The third-order valence-corrected chi connectivity index (χ3v) is 4.71. The maximum atomic E-state index is 8.59. The van der Waals surface area contributed by atoms with E-state index in [0.717, 1.165) is 11.1 Å². The topological polar surface area (TPSA) is 165 Å². The summed E-state index contributed by atoms with van der Waals surface area (Å²) in [6.45, 7) is 0. The van der Waals surface area contributed by atoms with Crippen molar-refractivity contribution in [2.75, 3.05) is 0 Å². The Morgan fingerprint density at radius 2 is 0.811 bits per heavy atom. The second kappa shape index (κ2) is 12.7. The molecule has 0 fully saturated rings. The fourth-order valence-corrected chi connectivity index (χ4v) is 3.18. The Morgan fingerprint density at radius 3 is 1.30 bits per heavy atom. The van der Waals surface area contributed by atoms with Gasteiger partial charge in [-0.3, -0.25) is 0 Å². The smallest absolute Gasteiger partial charge is 0.292 e. The van der Waals surface area contributed by atoms with E-state index in [1.807, 2.05) is 24.3 Å². The molecule has 0 spiro atoms. The summed E-state index contributed by atoms with van der Waals surface area (Å²) >= 11 is 0. The fourth-order valence-electron chi connectivity index (χ4n) is 3.18. The van der Waals surface area contributed by atoms with Gasteiger partial charge < -0.3 is 23.7 Å². The van der Waals surface area contributed by atoms with Crippen LogP contribution in [0.2, 0.25) is 0 Å². The van der Waals surface area contributed by atoms with Crippen LogP contribution in [0.5, 0.6) is 28.7 Å². The summed E-state index contributed by atoms with van der Waals surface area (Å²) in [5, 5.41) is 43.6. The number of rotatable bonds is 6. The zero-order valence-electron chi connectivity index (χ0n) is 18.8. The monoisotopic (exact) mass is 487 g/mol. The Balaban J connectivity index is 0.000000206. The zero-order valence-corrected chi connectivity index (χ0v) is 18.8. The molecule has 176 valence electrons. The van der Waals surface area contributed by atoms with Gasteiger partial charge in [-0.15, -0.1) is 26.3 Å². The minimum absolute atomic E-state index is 0.231. The third kappa shape index (κ3) is 6.79. The summed E-state index contributed by atoms with van der Waals surface area (Å²) in [5.41, 5.74) is 1.98. The molecule has 10 nitrogen and oxygen atoms in total. The van der Waals surface area contributed by atoms with Crippen LogP contribution in [0, 0.1) is 57.6 Å². The quantitative estimate of drug-likeness (QED) is 0.317. The highest BCUT2D eigenvalue weighted by Crippen LogP contribution is 2.33. The molecule has 0 saturated carbocycles. The second-order valence-electron chi connectivity index (χ2n) is 6.82. The number of benzene rings is 4. The van der Waals surface area contributed by atoms with Crippen LogP contribution in [-0.2, 0) is 0 Å². The predicted molar refractivity (Wildman–Crippen MR) is 127 cm³/mol. The van der Waals surface area contributed by atoms with Crippen LogP contribution in [0.1, 0.15) is 0 Å². The van der Waals surface area contributed by atoms with E-state index in [1.54, 1.807) is 73.6 Å². The molecule has 0 aliphatic rings. The lowest BCUT2D eigenvalue weighted by Gasteiger charge is -2.06. The summed E-state index contributed by atoms with van der Waals surface area (Å²) in [6.07, 6.45) is 7.90. The van der Waals surface area contributed by atoms with Gasteiger partial charge in [0.25, 0.3) is 31.3 Å². The first-order valence-corrected chi connectivity index (χ1v) is 10.2. The molecule has 0 aliphatic carbocycles. The van der Waals surface area contributed by atoms with Gasteiger partial charge in [0.1, 0.15) is 23.0 Å². The van der Waals surface area contributed by atoms with Crippen LogP contribution in [0.15, 0.2) is 78.9 Å². The molecule has 0 aromatic heterocycles. The summed E-state index contributed by atoms with van der Waals surface area (Å²) < 4.78 is 23.6. The lowest BCUT2D eigenvalue weighted by Crippen LogP contribution is -1.89. The van der Waals surface area contributed by atoms with Gasteiger partial charge in [-0.2, -0.15) is 0 Å². The van der Waals surface area contributed by atoms with E-state index >= 15 is 0 Å². The minimum Gasteiger partial charge on any atom is -0.388 e. The van der Waals surface area contributed by atoms with Crippen molar-refractivity contribution in [2.45, 2.75) is 0 Å². The maximum absolute atomic E-state index is 8.59. The van der Waals surface area contributed by atoms with E-state index in [2.05, 4.69) is 0 Å². The Kier molecular flexibility index (Phi) is 8.68. The Bertz CT molecular complexity index is 1540. The molecule has 0 aliphatic heterocycles. The van der Waals surface area contributed by atoms with Gasteiger partial charge in [-0.05, 0) is 65.0 Å². The predicted octanol–water partition coefficient (Wildman–Crippen LogP) is 5.49. The normalized spacial score (nSPS) is 8.95. The molecule has 0 saturated heterocycles. The van der Waals surface area contributed by atoms with Crippen LogP contribution < -0.4 is 23.7 Å². The SMILES string of the molecule is N#COc1ccc(-c2ccc(OC#N)cc2)cc1.N#COc1ccc2c(OC#N)cc(OC#N)cc2c1. The van der Waals surface area contributed by atoms with Crippen molar-refractivity contribution in [3.05, 3.63) is 78.9 Å². The second-order valence-corrected chi connectivity index (χ2v) is 6.82. The summed E-state index contributed by atoms with van der Waals surface area (Å²) in [5.74, 6) is 1.84. The molecule has 10 heteroatoms. The summed E-state index contributed by atoms with van der Waals surface area (Å²) in [4.78, 5) is 0. The van der Waals surface area contributed by atoms with Crippen LogP contribution in [0.3, 0.4) is 0 Å². The van der Waals surface area contributed by atoms with Gasteiger partial charge in [0.15, 0.2) is 5.75 Å². The Hall–Kier alpha value is -6.41. The van der Waals surface area contributed by atoms with Gasteiger partial charge in [-0.25, -0.2) is 0 Å². The Morgan fingerprint density at radius 1 is 0.405 bits per heavy atom. The van der Waals surface area contributed by atoms with Gasteiger partial charge in [0.2, 0.25) is 0 Å². The van der Waals surface area contributed by atoms with Crippen molar-refractivity contribution < 1.29 is 23.7 Å². The summed E-state index contributed by atoms with van der Waals surface area (Å²) in [6, 6.07) is 22.1. The molecular formula is C27H13N5O5. The standard InChI is InChI=1S/C14H8N2O2.C13H5N3O3/c15-9-17-13-5-1-11(2-6-13)12-3-7-14(8-4-12)18-10-16;14-6-17-10-1-2-12-9(3-10)4-11(18-7-15)5-13(12)19-8-16/h1-8H;1-5H. The van der Waals surface area contributed by atoms with Crippen molar-refractivity contribution in [2.24, 2.45) is 0 Å². The largest absolute Gasteiger partial charge is 0.388 e. The highest BCUT2D eigenvalue weighted by atomic mass is 16.5. The first-order chi connectivity index (χ1) is 18.1. The Labute approximate surface area is 211 Å². The van der Waals surface area contributed by atoms with Crippen molar-refractivity contribution in [1.29, 1.82) is 26.3 Å². The van der Waals surface area contributed by atoms with Crippen LogP contribution in [0.4, 0.5) is 0 Å². The lowest BCUT2D eigenvalue weighted by atomic mass is 10.1. The molecule has 4 rings (SSSR count). The molecule has 0 bridgehead atoms. The molecule has 0 amide bonds. The lowest BCUT2D eigenvalue weighted by molar-refractivity contribution is 0.488. The fraction of sp³-hybridized carbons (Fsp3) is 0. The van der Waals surface area contributed by atoms with Crippen LogP contribution in [-0.4, -0.2) is 0 Å². The van der Waals surface area contributed by atoms with Gasteiger partial charge in [0.05, 0.1) is 0 Å². The molecule has 37 heavy (non-hydrogen) atoms. The number of hydrogen-bond acceptors (Lipinski definition) is 10. The van der Waals surface area contributed by atoms with Crippen molar-refractivity contribution in [1.82, 2.24) is 0 Å². The molecule has 0 atom stereocenters. The van der Waals surface area contributed by atoms with Crippen molar-refractivity contribution in [3.63, 3.8) is 0 Å². The number of ether oxygens (including phenoxy) is 5. The first kappa shape index (κ1) is 25.2. The van der Waals surface area contributed by atoms with Gasteiger partial charge >= 0.3 is 0 Å². The average Bonchev–Trinajstić information content (AvgIpc) is 2.91. The minimum atomic E-state index is 0.231. The molecular weight excluding hydrogens is 474 g/mol. The van der Waals surface area contributed by atoms with Crippen molar-refractivity contribution in [3.8, 4) is 71.2 Å². The maximum Gasteiger partial charge on any atom is 0.292 e. The summed E-state index contributed by atoms with van der Waals surface area (Å²) in [7, 11) is 0. The van der Waals surface area contributed by atoms with E-state index in [1.165, 1.54) is 12.3 Å². The molecule has 0 radical (unpaired) electrons. The molecule has 0 unspecified atom stereocenters. The highest BCUT2D eigenvalue weighted by Gasteiger charge is 2.08. The first-order valence-electron chi connectivity index (χ1n) is 10.2. The molecule has 4 aromatic carbocycles. The van der Waals surface area contributed by atoms with E-state index in [0.29, 0.717) is 28.0 Å². The van der Waals surface area contributed by atoms with Gasteiger partial charge in [-0.1, -0.05) is 24.3 Å². The number of hydrogen-bond donors (Lipinski definition) is 0. The molecule has 0 N–H and O–H groups in total. The van der Waals surface area contributed by atoms with Gasteiger partial charge in [0, 0.05) is 11.5 Å². The van der Waals surface area contributed by atoms with E-state index in [4.69, 9.17) is 50.0 Å². The number of nitrogens with zero attached hydrogens (tertiary/aromatic N) is 5. The molecule has 0 heterocycles.